The predicted octanol–water partition coefficient (Wildman–Crippen LogP) is 4.11. The third-order valence-corrected chi connectivity index (χ3v) is 6.76. The number of ether oxygens (including phenoxy) is 1. The van der Waals surface area contributed by atoms with Crippen molar-refractivity contribution < 1.29 is 23.4 Å². The molecule has 1 unspecified atom stereocenters. The fourth-order valence-electron chi connectivity index (χ4n) is 4.95. The van der Waals surface area contributed by atoms with Crippen molar-refractivity contribution >= 4 is 11.5 Å². The van der Waals surface area contributed by atoms with Crippen LogP contribution in [0, 0.1) is 18.6 Å². The van der Waals surface area contributed by atoms with Crippen LogP contribution >= 0.6 is 0 Å². The number of carbonyl (C=O) groups is 1. The highest BCUT2D eigenvalue weighted by atomic mass is 19.1. The minimum absolute atomic E-state index is 0.0689. The Balaban J connectivity index is 1.32. The van der Waals surface area contributed by atoms with Crippen molar-refractivity contribution in [2.24, 2.45) is 4.99 Å². The number of aryl methyl sites for hydroxylation is 1. The molecule has 0 aliphatic carbocycles. The second kappa shape index (κ2) is 9.87. The molecule has 2 aliphatic rings. The molecule has 3 heterocycles. The lowest BCUT2D eigenvalue weighted by atomic mass is 9.92. The third-order valence-electron chi connectivity index (χ3n) is 6.76. The molecule has 0 amide bonds. The molecule has 0 bridgehead atoms. The first-order valence-electron chi connectivity index (χ1n) is 12.0. The molecule has 2 aliphatic heterocycles. The zero-order valence-corrected chi connectivity index (χ0v) is 20.0. The molecule has 36 heavy (non-hydrogen) atoms. The molecule has 186 valence electrons. The number of benzene rings is 2. The summed E-state index contributed by atoms with van der Waals surface area (Å²) in [6.07, 6.45) is 2.86. The van der Waals surface area contributed by atoms with Crippen molar-refractivity contribution in [2.45, 2.75) is 31.9 Å². The summed E-state index contributed by atoms with van der Waals surface area (Å²) in [7, 11) is 0. The minimum Gasteiger partial charge on any atom is -0.480 e. The fraction of sp³-hybridized carbons (Fsp3) is 0.321. The molecule has 1 N–H and O–H groups in total. The number of carbonyl (C=O) groups excluding carboxylic acids is 1. The van der Waals surface area contributed by atoms with E-state index in [4.69, 9.17) is 4.74 Å². The zero-order chi connectivity index (χ0) is 25.3. The second-order valence-electron chi connectivity index (χ2n) is 9.48. The third kappa shape index (κ3) is 4.92. The van der Waals surface area contributed by atoms with Gasteiger partial charge in [0.15, 0.2) is 17.3 Å². The number of rotatable bonds is 7. The van der Waals surface area contributed by atoms with E-state index in [1.54, 1.807) is 6.20 Å². The largest absolute Gasteiger partial charge is 0.480 e. The fourth-order valence-corrected chi connectivity index (χ4v) is 4.95. The molecule has 1 atom stereocenters. The maximum absolute atomic E-state index is 14.2. The average Bonchev–Trinajstić information content (AvgIpc) is 3.30. The highest BCUT2D eigenvalue weighted by Gasteiger charge is 2.38. The van der Waals surface area contributed by atoms with Crippen molar-refractivity contribution in [1.82, 2.24) is 9.88 Å². The van der Waals surface area contributed by atoms with Crippen molar-refractivity contribution in [3.63, 3.8) is 0 Å². The SMILES string of the molecule is Cc1cc(C2=NCc3ccc(C(=O)CN4CCCC(CO)(Oc5cc(F)ccc5F)C4)cc32)ccn1. The number of aromatic nitrogens is 1. The van der Waals surface area contributed by atoms with E-state index in [9.17, 15) is 18.7 Å². The number of ketones is 1. The van der Waals surface area contributed by atoms with Crippen LogP contribution in [0.15, 0.2) is 59.7 Å². The Bertz CT molecular complexity index is 1340. The molecule has 6 nitrogen and oxygen atoms in total. The Hall–Kier alpha value is -3.49. The van der Waals surface area contributed by atoms with Crippen molar-refractivity contribution in [2.75, 3.05) is 26.2 Å². The van der Waals surface area contributed by atoms with Gasteiger partial charge in [0.25, 0.3) is 0 Å². The molecular formula is C28H27F2N3O3. The topological polar surface area (TPSA) is 75.0 Å². The summed E-state index contributed by atoms with van der Waals surface area (Å²) in [5.74, 6) is -1.63. The number of piperidine rings is 1. The molecule has 1 aromatic heterocycles. The average molecular weight is 492 g/mol. The van der Waals surface area contributed by atoms with Crippen LogP contribution in [0.2, 0.25) is 0 Å². The molecule has 0 spiro atoms. The van der Waals surface area contributed by atoms with Crippen molar-refractivity contribution in [3.8, 4) is 5.75 Å². The van der Waals surface area contributed by atoms with Gasteiger partial charge in [-0.2, -0.15) is 0 Å². The van der Waals surface area contributed by atoms with Crippen LogP contribution in [0.1, 0.15) is 45.6 Å². The van der Waals surface area contributed by atoms with Gasteiger partial charge >= 0.3 is 0 Å². The van der Waals surface area contributed by atoms with Crippen LogP contribution in [-0.4, -0.2) is 58.3 Å². The number of aliphatic hydroxyl groups excluding tert-OH is 1. The van der Waals surface area contributed by atoms with Crippen molar-refractivity contribution in [1.29, 1.82) is 0 Å². The molecule has 0 radical (unpaired) electrons. The maximum Gasteiger partial charge on any atom is 0.176 e. The number of aliphatic hydroxyl groups is 1. The van der Waals surface area contributed by atoms with E-state index >= 15 is 0 Å². The molecule has 8 heteroatoms. The van der Waals surface area contributed by atoms with E-state index in [1.165, 1.54) is 0 Å². The van der Waals surface area contributed by atoms with Crippen LogP contribution in [0.5, 0.6) is 5.75 Å². The van der Waals surface area contributed by atoms with E-state index in [-0.39, 0.29) is 31.2 Å². The molecule has 0 saturated carbocycles. The molecular weight excluding hydrogens is 464 g/mol. The molecule has 2 aromatic carbocycles. The first kappa shape index (κ1) is 24.2. The van der Waals surface area contributed by atoms with Crippen LogP contribution in [0.4, 0.5) is 8.78 Å². The van der Waals surface area contributed by atoms with Gasteiger partial charge in [0.05, 0.1) is 25.4 Å². The van der Waals surface area contributed by atoms with Gasteiger partial charge < -0.3 is 9.84 Å². The van der Waals surface area contributed by atoms with Gasteiger partial charge in [-0.25, -0.2) is 8.78 Å². The molecule has 3 aromatic rings. The molecule has 5 rings (SSSR count). The lowest BCUT2D eigenvalue weighted by Gasteiger charge is -2.41. The number of pyridine rings is 1. The van der Waals surface area contributed by atoms with Crippen LogP contribution in [-0.2, 0) is 6.54 Å². The maximum atomic E-state index is 14.2. The zero-order valence-electron chi connectivity index (χ0n) is 20.0. The highest BCUT2D eigenvalue weighted by Crippen LogP contribution is 2.30. The number of hydrogen-bond acceptors (Lipinski definition) is 6. The Morgan fingerprint density at radius 1 is 1.17 bits per heavy atom. The van der Waals surface area contributed by atoms with E-state index in [2.05, 4.69) is 9.98 Å². The Morgan fingerprint density at radius 3 is 2.83 bits per heavy atom. The number of aliphatic imine (C=N–C) groups is 1. The van der Waals surface area contributed by atoms with Gasteiger partial charge in [0.1, 0.15) is 11.4 Å². The van der Waals surface area contributed by atoms with E-state index < -0.39 is 17.2 Å². The normalized spacial score (nSPS) is 19.6. The monoisotopic (exact) mass is 491 g/mol. The summed E-state index contributed by atoms with van der Waals surface area (Å²) >= 11 is 0. The number of hydrogen-bond donors (Lipinski definition) is 1. The van der Waals surface area contributed by atoms with Gasteiger partial charge in [0, 0.05) is 41.2 Å². The number of nitrogens with zero attached hydrogens (tertiary/aromatic N) is 3. The lowest BCUT2D eigenvalue weighted by molar-refractivity contribution is -0.0473. The Morgan fingerprint density at radius 2 is 2.03 bits per heavy atom. The standard InChI is InChI=1S/C28H27F2N3O3/c1-18-11-20(7-9-31-18)27-23-12-19(3-4-21(23)14-32-27)25(35)15-33-10-2-8-28(16-33,17-34)36-26-13-22(29)5-6-24(26)30/h3-7,9,11-13,34H,2,8,10,14-17H2,1H3. The summed E-state index contributed by atoms with van der Waals surface area (Å²) in [4.78, 5) is 24.1. The quantitative estimate of drug-likeness (QED) is 0.504. The molecule has 1 fully saturated rings. The predicted molar refractivity (Wildman–Crippen MR) is 132 cm³/mol. The van der Waals surface area contributed by atoms with E-state index in [0.717, 1.165) is 46.3 Å². The number of halogens is 2. The van der Waals surface area contributed by atoms with Crippen LogP contribution < -0.4 is 4.74 Å². The Kier molecular flexibility index (Phi) is 6.64. The molecule has 1 saturated heterocycles. The first-order valence-corrected chi connectivity index (χ1v) is 12.0. The van der Waals surface area contributed by atoms with E-state index in [0.29, 0.717) is 31.5 Å². The first-order chi connectivity index (χ1) is 17.4. The summed E-state index contributed by atoms with van der Waals surface area (Å²) in [6.45, 7) is 3.10. The minimum atomic E-state index is -1.12. The Labute approximate surface area is 208 Å². The van der Waals surface area contributed by atoms with E-state index in [1.807, 2.05) is 42.2 Å². The highest BCUT2D eigenvalue weighted by molar-refractivity contribution is 6.16. The number of Topliss-reactive ketones (excluding diaryl/α,β-unsaturated/α-hetero) is 1. The summed E-state index contributed by atoms with van der Waals surface area (Å²) in [6, 6.07) is 12.5. The van der Waals surface area contributed by atoms with Gasteiger partial charge in [-0.15, -0.1) is 0 Å². The number of fused-ring (bicyclic) bond motifs is 1. The number of likely N-dealkylation sites (tertiary alicyclic amines) is 1. The van der Waals surface area contributed by atoms with Crippen LogP contribution in [0.3, 0.4) is 0 Å². The van der Waals surface area contributed by atoms with Gasteiger partial charge in [-0.05, 0) is 62.2 Å². The summed E-state index contributed by atoms with van der Waals surface area (Å²) in [5, 5.41) is 10.1. The van der Waals surface area contributed by atoms with Gasteiger partial charge in [-0.3, -0.25) is 19.7 Å². The second-order valence-corrected chi connectivity index (χ2v) is 9.48. The summed E-state index contributed by atoms with van der Waals surface area (Å²) in [5.41, 5.74) is 4.19. The van der Waals surface area contributed by atoms with Gasteiger partial charge in [0.2, 0.25) is 0 Å². The smallest absolute Gasteiger partial charge is 0.176 e. The lowest BCUT2D eigenvalue weighted by Crippen LogP contribution is -2.55. The summed E-state index contributed by atoms with van der Waals surface area (Å²) < 4.78 is 33.6. The van der Waals surface area contributed by atoms with Gasteiger partial charge in [-0.1, -0.05) is 12.1 Å². The van der Waals surface area contributed by atoms with Crippen molar-refractivity contribution in [3.05, 3.63) is 94.3 Å². The van der Waals surface area contributed by atoms with Crippen LogP contribution in [0.25, 0.3) is 0 Å².